The fourth-order valence-electron chi connectivity index (χ4n) is 1.41. The normalized spacial score (nSPS) is 9.40. The van der Waals surface area contributed by atoms with Crippen LogP contribution in [0.25, 0.3) is 0 Å². The number of hydrogen-bond acceptors (Lipinski definition) is 1. The van der Waals surface area contributed by atoms with Crippen LogP contribution in [0.5, 0.6) is 0 Å². The van der Waals surface area contributed by atoms with E-state index < -0.39 is 0 Å². The van der Waals surface area contributed by atoms with Crippen molar-refractivity contribution in [2.24, 2.45) is 0 Å². The minimum Gasteiger partial charge on any atom is -1.00 e. The van der Waals surface area contributed by atoms with Gasteiger partial charge in [0.25, 0.3) is 0 Å². The average molecular weight is 265 g/mol. The number of aryl methyl sites for hydroxylation is 1. The highest BCUT2D eigenvalue weighted by Crippen LogP contribution is 1.96. The van der Waals surface area contributed by atoms with Crippen LogP contribution in [0.3, 0.4) is 0 Å². The molecule has 0 unspecified atom stereocenters. The van der Waals surface area contributed by atoms with Crippen molar-refractivity contribution in [1.82, 2.24) is 5.10 Å². The van der Waals surface area contributed by atoms with Crippen LogP contribution >= 0.6 is 0 Å². The van der Waals surface area contributed by atoms with Gasteiger partial charge in [-0.3, -0.25) is 0 Å². The second-order valence-corrected chi connectivity index (χ2v) is 3.33. The van der Waals surface area contributed by atoms with Crippen LogP contribution in [-0.2, 0) is 6.54 Å². The third kappa shape index (κ3) is 3.44. The van der Waals surface area contributed by atoms with Gasteiger partial charge in [0.15, 0.2) is 12.7 Å². The minimum atomic E-state index is 0. The van der Waals surface area contributed by atoms with Crippen LogP contribution in [0, 0.1) is 6.92 Å². The van der Waals surface area contributed by atoms with Crippen molar-refractivity contribution in [1.29, 1.82) is 0 Å². The average Bonchev–Trinajstić information content (AvgIpc) is 2.19. The lowest BCUT2D eigenvalue weighted by molar-refractivity contribution is -0.746. The van der Waals surface area contributed by atoms with Crippen LogP contribution in [0.15, 0.2) is 48.7 Å². The van der Waals surface area contributed by atoms with Gasteiger partial charge < -0.3 is 17.0 Å². The van der Waals surface area contributed by atoms with E-state index in [0.29, 0.717) is 0 Å². The van der Waals surface area contributed by atoms with E-state index in [4.69, 9.17) is 0 Å². The fraction of sp³-hybridized carbons (Fsp3) is 0.167. The van der Waals surface area contributed by atoms with Gasteiger partial charge in [0.1, 0.15) is 5.69 Å². The Morgan fingerprint density at radius 3 is 2.47 bits per heavy atom. The third-order valence-corrected chi connectivity index (χ3v) is 2.07. The molecule has 0 aliphatic rings. The van der Waals surface area contributed by atoms with Crippen molar-refractivity contribution < 1.29 is 21.7 Å². The highest BCUT2D eigenvalue weighted by Gasteiger charge is 2.02. The quantitative estimate of drug-likeness (QED) is 0.619. The molecule has 0 N–H and O–H groups in total. The molecule has 0 bridgehead atoms. The maximum atomic E-state index is 4.39. The Balaban J connectivity index is 0.00000112. The summed E-state index contributed by atoms with van der Waals surface area (Å²) in [7, 11) is 0. The Hall–Kier alpha value is -1.22. The highest BCUT2D eigenvalue weighted by atomic mass is 79.9. The van der Waals surface area contributed by atoms with E-state index in [-0.39, 0.29) is 17.0 Å². The lowest BCUT2D eigenvalue weighted by Crippen LogP contribution is -3.00. The van der Waals surface area contributed by atoms with E-state index in [2.05, 4.69) is 17.2 Å². The largest absolute Gasteiger partial charge is 1.00 e. The molecule has 0 radical (unpaired) electrons. The summed E-state index contributed by atoms with van der Waals surface area (Å²) in [5, 5.41) is 4.39. The van der Waals surface area contributed by atoms with E-state index in [1.165, 1.54) is 5.56 Å². The van der Waals surface area contributed by atoms with E-state index >= 15 is 0 Å². The molecule has 0 amide bonds. The van der Waals surface area contributed by atoms with E-state index in [1.807, 2.05) is 48.1 Å². The van der Waals surface area contributed by atoms with Gasteiger partial charge >= 0.3 is 0 Å². The Bertz CT molecular complexity index is 415. The van der Waals surface area contributed by atoms with E-state index in [1.54, 1.807) is 0 Å². The van der Waals surface area contributed by atoms with Crippen LogP contribution in [0.1, 0.15) is 11.3 Å². The zero-order valence-corrected chi connectivity index (χ0v) is 10.2. The molecule has 0 aliphatic carbocycles. The van der Waals surface area contributed by atoms with E-state index in [0.717, 1.165) is 12.2 Å². The lowest BCUT2D eigenvalue weighted by Gasteiger charge is -1.95. The predicted molar refractivity (Wildman–Crippen MR) is 54.7 cm³/mol. The van der Waals surface area contributed by atoms with Gasteiger partial charge in [-0.15, -0.1) is 0 Å². The SMILES string of the molecule is Cc1ccc[n+](Cc2ccccc2)n1.[Br-]. The molecule has 0 spiro atoms. The minimum absolute atomic E-state index is 0. The lowest BCUT2D eigenvalue weighted by atomic mass is 10.2. The van der Waals surface area contributed by atoms with Gasteiger partial charge in [-0.1, -0.05) is 35.0 Å². The molecule has 0 atom stereocenters. The second-order valence-electron chi connectivity index (χ2n) is 3.33. The Kier molecular flexibility index (Phi) is 4.43. The predicted octanol–water partition coefficient (Wildman–Crippen LogP) is -1.27. The third-order valence-electron chi connectivity index (χ3n) is 2.07. The molecular weight excluding hydrogens is 252 g/mol. The first-order valence-corrected chi connectivity index (χ1v) is 4.72. The molecular formula is C12H13BrN2. The number of halogens is 1. The molecule has 0 saturated heterocycles. The molecule has 2 nitrogen and oxygen atoms in total. The van der Waals surface area contributed by atoms with Crippen LogP contribution in [0.4, 0.5) is 0 Å². The smallest absolute Gasteiger partial charge is 0.199 e. The molecule has 78 valence electrons. The highest BCUT2D eigenvalue weighted by molar-refractivity contribution is 5.13. The maximum Gasteiger partial charge on any atom is 0.199 e. The maximum absolute atomic E-state index is 4.39. The fourth-order valence-corrected chi connectivity index (χ4v) is 1.41. The molecule has 2 rings (SSSR count). The number of benzene rings is 1. The van der Waals surface area contributed by atoms with Crippen LogP contribution < -0.4 is 21.7 Å². The first-order valence-electron chi connectivity index (χ1n) is 4.72. The summed E-state index contributed by atoms with van der Waals surface area (Å²) in [4.78, 5) is 0. The van der Waals surface area contributed by atoms with Gasteiger partial charge in [0.2, 0.25) is 0 Å². The van der Waals surface area contributed by atoms with Crippen molar-refractivity contribution in [2.75, 3.05) is 0 Å². The van der Waals surface area contributed by atoms with Crippen LogP contribution in [-0.4, -0.2) is 5.10 Å². The van der Waals surface area contributed by atoms with Crippen molar-refractivity contribution in [3.05, 3.63) is 59.9 Å². The molecule has 1 aromatic carbocycles. The topological polar surface area (TPSA) is 16.8 Å². The van der Waals surface area contributed by atoms with Gasteiger partial charge in [-0.25, -0.2) is 0 Å². The zero-order valence-electron chi connectivity index (χ0n) is 8.60. The number of hydrogen-bond donors (Lipinski definition) is 0. The monoisotopic (exact) mass is 264 g/mol. The zero-order chi connectivity index (χ0) is 9.80. The summed E-state index contributed by atoms with van der Waals surface area (Å²) in [6, 6.07) is 14.4. The molecule has 0 fully saturated rings. The van der Waals surface area contributed by atoms with Crippen molar-refractivity contribution in [2.45, 2.75) is 13.5 Å². The molecule has 2 aromatic rings. The van der Waals surface area contributed by atoms with Gasteiger partial charge in [0, 0.05) is 11.6 Å². The first kappa shape index (κ1) is 11.9. The second kappa shape index (κ2) is 5.61. The number of nitrogens with zero attached hydrogens (tertiary/aromatic N) is 2. The Labute approximate surface area is 100 Å². The van der Waals surface area contributed by atoms with Gasteiger partial charge in [-0.05, 0) is 18.1 Å². The Morgan fingerprint density at radius 2 is 1.80 bits per heavy atom. The summed E-state index contributed by atoms with van der Waals surface area (Å²) in [6.07, 6.45) is 1.99. The summed E-state index contributed by atoms with van der Waals surface area (Å²) >= 11 is 0. The molecule has 3 heteroatoms. The van der Waals surface area contributed by atoms with Gasteiger partial charge in [-0.2, -0.15) is 0 Å². The Morgan fingerprint density at radius 1 is 1.07 bits per heavy atom. The van der Waals surface area contributed by atoms with Gasteiger partial charge in [0.05, 0.1) is 0 Å². The molecule has 15 heavy (non-hydrogen) atoms. The van der Waals surface area contributed by atoms with Crippen molar-refractivity contribution in [3.8, 4) is 0 Å². The molecule has 0 saturated carbocycles. The van der Waals surface area contributed by atoms with E-state index in [9.17, 15) is 0 Å². The summed E-state index contributed by atoms with van der Waals surface area (Å²) < 4.78 is 1.95. The van der Waals surface area contributed by atoms with Crippen LogP contribution in [0.2, 0.25) is 0 Å². The number of rotatable bonds is 2. The van der Waals surface area contributed by atoms with Crippen molar-refractivity contribution >= 4 is 0 Å². The molecule has 0 aliphatic heterocycles. The summed E-state index contributed by atoms with van der Waals surface area (Å²) in [5.74, 6) is 0. The standard InChI is InChI=1S/C12H13N2.BrH/c1-11-6-5-9-14(13-11)10-12-7-3-2-4-8-12;/h2-9H,10H2,1H3;1H/q+1;/p-1. The molecule has 1 heterocycles. The molecule has 1 aromatic heterocycles. The summed E-state index contributed by atoms with van der Waals surface area (Å²) in [5.41, 5.74) is 2.32. The van der Waals surface area contributed by atoms with Crippen molar-refractivity contribution in [3.63, 3.8) is 0 Å². The number of aromatic nitrogens is 2. The first-order chi connectivity index (χ1) is 6.84. The summed E-state index contributed by atoms with van der Waals surface area (Å²) in [6.45, 7) is 2.84.